The van der Waals surface area contributed by atoms with Crippen LogP contribution in [0, 0.1) is 5.82 Å². The molecule has 144 valence electrons. The topological polar surface area (TPSA) is 58.4 Å². The zero-order chi connectivity index (χ0) is 16.5. The van der Waals surface area contributed by atoms with Gasteiger partial charge in [0.2, 0.25) is 5.91 Å². The number of anilines is 1. The van der Waals surface area contributed by atoms with Crippen LogP contribution in [0.25, 0.3) is 0 Å². The molecule has 7 heteroatoms. The first-order valence-corrected chi connectivity index (χ1v) is 8.69. The summed E-state index contributed by atoms with van der Waals surface area (Å²) in [4.78, 5) is 14.2. The molecule has 2 rings (SSSR count). The first-order chi connectivity index (χ1) is 11.2. The lowest BCUT2D eigenvalue weighted by molar-refractivity contribution is -0.122. The monoisotopic (exact) mass is 393 g/mol. The molecular formula is C18H30Cl2FN3O. The van der Waals surface area contributed by atoms with E-state index in [1.54, 1.807) is 12.1 Å². The summed E-state index contributed by atoms with van der Waals surface area (Å²) in [6.45, 7) is 2.39. The van der Waals surface area contributed by atoms with Crippen LogP contribution < -0.4 is 16.0 Å². The number of hydrogen-bond acceptors (Lipinski definition) is 3. The van der Waals surface area contributed by atoms with Gasteiger partial charge in [-0.1, -0.05) is 18.9 Å². The number of hydrogen-bond donors (Lipinski definition) is 2. The minimum absolute atomic E-state index is 0. The Morgan fingerprint density at radius 2 is 2.00 bits per heavy atom. The number of rotatable bonds is 8. The van der Waals surface area contributed by atoms with Crippen molar-refractivity contribution in [3.63, 3.8) is 0 Å². The summed E-state index contributed by atoms with van der Waals surface area (Å²) in [7, 11) is 0. The number of nitrogens with zero attached hydrogens (tertiary/aromatic N) is 1. The van der Waals surface area contributed by atoms with Gasteiger partial charge in [-0.3, -0.25) is 4.79 Å². The highest BCUT2D eigenvalue weighted by molar-refractivity contribution is 5.85. The van der Waals surface area contributed by atoms with Gasteiger partial charge in [-0.2, -0.15) is 0 Å². The molecule has 1 heterocycles. The Kier molecular flexibility index (Phi) is 12.7. The summed E-state index contributed by atoms with van der Waals surface area (Å²) < 4.78 is 13.4. The van der Waals surface area contributed by atoms with Crippen LogP contribution in [0.1, 0.15) is 44.9 Å². The van der Waals surface area contributed by atoms with E-state index in [0.29, 0.717) is 6.42 Å². The molecule has 0 radical (unpaired) electrons. The predicted octanol–water partition coefficient (Wildman–Crippen LogP) is 3.66. The van der Waals surface area contributed by atoms with E-state index in [1.807, 2.05) is 6.07 Å². The maximum Gasteiger partial charge on any atom is 0.220 e. The number of nitrogens with two attached hydrogens (primary N) is 1. The predicted molar refractivity (Wildman–Crippen MR) is 106 cm³/mol. The minimum atomic E-state index is -0.217. The van der Waals surface area contributed by atoms with Crippen molar-refractivity contribution < 1.29 is 9.18 Å². The maximum absolute atomic E-state index is 13.4. The fourth-order valence-corrected chi connectivity index (χ4v) is 3.09. The molecule has 0 bridgehead atoms. The summed E-state index contributed by atoms with van der Waals surface area (Å²) in [6, 6.07) is 6.82. The minimum Gasteiger partial charge on any atom is -0.369 e. The summed E-state index contributed by atoms with van der Waals surface area (Å²) in [6.07, 6.45) is 6.70. The van der Waals surface area contributed by atoms with E-state index >= 15 is 0 Å². The van der Waals surface area contributed by atoms with Gasteiger partial charge in [0.05, 0.1) is 0 Å². The highest BCUT2D eigenvalue weighted by Gasteiger charge is 2.21. The van der Waals surface area contributed by atoms with E-state index in [1.165, 1.54) is 6.07 Å². The van der Waals surface area contributed by atoms with Crippen LogP contribution in [-0.2, 0) is 4.79 Å². The Morgan fingerprint density at radius 1 is 1.24 bits per heavy atom. The molecule has 0 saturated carbocycles. The van der Waals surface area contributed by atoms with Crippen LogP contribution in [0.2, 0.25) is 0 Å². The third-order valence-corrected chi connectivity index (χ3v) is 4.32. The Labute approximate surface area is 162 Å². The molecule has 0 aliphatic carbocycles. The fraction of sp³-hybridized carbons (Fsp3) is 0.611. The van der Waals surface area contributed by atoms with Crippen LogP contribution in [0.4, 0.5) is 10.1 Å². The average Bonchev–Trinajstić information content (AvgIpc) is 2.55. The Hall–Kier alpha value is -1.04. The van der Waals surface area contributed by atoms with Crippen LogP contribution in [-0.4, -0.2) is 31.6 Å². The number of halogens is 3. The molecule has 3 N–H and O–H groups in total. The second-order valence-corrected chi connectivity index (χ2v) is 6.29. The number of piperidine rings is 1. The SMILES string of the molecule is Cl.Cl.NCCCCCCC(=O)NC1CCCN(c2cccc(F)c2)C1. The molecule has 0 aromatic heterocycles. The van der Waals surface area contributed by atoms with Crippen molar-refractivity contribution in [1.82, 2.24) is 5.32 Å². The lowest BCUT2D eigenvalue weighted by atomic mass is 10.0. The van der Waals surface area contributed by atoms with Gasteiger partial charge in [0, 0.05) is 31.2 Å². The maximum atomic E-state index is 13.4. The lowest BCUT2D eigenvalue weighted by Gasteiger charge is -2.34. The Morgan fingerprint density at radius 3 is 2.72 bits per heavy atom. The van der Waals surface area contributed by atoms with Gasteiger partial charge in [-0.15, -0.1) is 24.8 Å². The fourth-order valence-electron chi connectivity index (χ4n) is 3.09. The van der Waals surface area contributed by atoms with E-state index in [9.17, 15) is 9.18 Å². The van der Waals surface area contributed by atoms with Crippen molar-refractivity contribution >= 4 is 36.4 Å². The summed E-state index contributed by atoms with van der Waals surface area (Å²) in [5.74, 6) is -0.0880. The molecule has 0 spiro atoms. The van der Waals surface area contributed by atoms with Crippen molar-refractivity contribution in [2.24, 2.45) is 5.73 Å². The molecule has 1 amide bonds. The Bertz CT molecular complexity index is 505. The number of amides is 1. The van der Waals surface area contributed by atoms with Gasteiger partial charge in [0.1, 0.15) is 5.82 Å². The molecule has 1 unspecified atom stereocenters. The standard InChI is InChI=1S/C18H28FN3O.2ClH/c19-15-7-5-9-17(13-15)22-12-6-8-16(14-22)21-18(23)10-3-1-2-4-11-20;;/h5,7,9,13,16H,1-4,6,8,10-12,14,20H2,(H,21,23);2*1H. The summed E-state index contributed by atoms with van der Waals surface area (Å²) in [5, 5.41) is 3.13. The molecule has 1 aromatic carbocycles. The molecular weight excluding hydrogens is 364 g/mol. The van der Waals surface area contributed by atoms with Gasteiger partial charge in [0.25, 0.3) is 0 Å². The smallest absolute Gasteiger partial charge is 0.220 e. The van der Waals surface area contributed by atoms with Gasteiger partial charge in [-0.05, 0) is 50.4 Å². The lowest BCUT2D eigenvalue weighted by Crippen LogP contribution is -2.47. The zero-order valence-electron chi connectivity index (χ0n) is 14.6. The molecule has 1 aliphatic heterocycles. The second-order valence-electron chi connectivity index (χ2n) is 6.29. The molecule has 1 saturated heterocycles. The van der Waals surface area contributed by atoms with E-state index in [0.717, 1.165) is 63.8 Å². The van der Waals surface area contributed by atoms with Crippen molar-refractivity contribution in [3.8, 4) is 0 Å². The van der Waals surface area contributed by atoms with Crippen molar-refractivity contribution in [2.75, 3.05) is 24.5 Å². The van der Waals surface area contributed by atoms with Gasteiger partial charge < -0.3 is 16.0 Å². The van der Waals surface area contributed by atoms with Crippen LogP contribution >= 0.6 is 24.8 Å². The molecule has 4 nitrogen and oxygen atoms in total. The highest BCUT2D eigenvalue weighted by atomic mass is 35.5. The quantitative estimate of drug-likeness (QED) is 0.662. The largest absolute Gasteiger partial charge is 0.369 e. The van der Waals surface area contributed by atoms with Gasteiger partial charge in [0.15, 0.2) is 0 Å². The highest BCUT2D eigenvalue weighted by Crippen LogP contribution is 2.20. The van der Waals surface area contributed by atoms with Crippen molar-refractivity contribution in [3.05, 3.63) is 30.1 Å². The van der Waals surface area contributed by atoms with Gasteiger partial charge >= 0.3 is 0 Å². The van der Waals surface area contributed by atoms with Crippen LogP contribution in [0.15, 0.2) is 24.3 Å². The summed E-state index contributed by atoms with van der Waals surface area (Å²) >= 11 is 0. The third-order valence-electron chi connectivity index (χ3n) is 4.32. The normalized spacial score (nSPS) is 16.6. The number of benzene rings is 1. The van der Waals surface area contributed by atoms with Crippen molar-refractivity contribution in [1.29, 1.82) is 0 Å². The zero-order valence-corrected chi connectivity index (χ0v) is 16.2. The van der Waals surface area contributed by atoms with E-state index < -0.39 is 0 Å². The number of carbonyl (C=O) groups is 1. The van der Waals surface area contributed by atoms with E-state index in [-0.39, 0.29) is 42.6 Å². The summed E-state index contributed by atoms with van der Waals surface area (Å²) in [5.41, 5.74) is 6.35. The number of unbranched alkanes of at least 4 members (excludes halogenated alkanes) is 3. The van der Waals surface area contributed by atoms with Crippen molar-refractivity contribution in [2.45, 2.75) is 51.0 Å². The van der Waals surface area contributed by atoms with Crippen LogP contribution in [0.3, 0.4) is 0 Å². The number of carbonyl (C=O) groups excluding carboxylic acids is 1. The third kappa shape index (κ3) is 8.75. The second kappa shape index (κ2) is 13.2. The first kappa shape index (κ1) is 24.0. The first-order valence-electron chi connectivity index (χ1n) is 8.69. The number of nitrogens with one attached hydrogen (secondary N) is 1. The molecule has 1 aromatic rings. The molecule has 25 heavy (non-hydrogen) atoms. The van der Waals surface area contributed by atoms with E-state index in [2.05, 4.69) is 10.2 Å². The van der Waals surface area contributed by atoms with Crippen LogP contribution in [0.5, 0.6) is 0 Å². The average molecular weight is 394 g/mol. The molecule has 1 aliphatic rings. The molecule has 1 fully saturated rings. The van der Waals surface area contributed by atoms with Gasteiger partial charge in [-0.25, -0.2) is 4.39 Å². The Balaban J connectivity index is 0.00000288. The van der Waals surface area contributed by atoms with E-state index in [4.69, 9.17) is 5.73 Å². The molecule has 1 atom stereocenters.